The third-order valence-corrected chi connectivity index (χ3v) is 11.6. The van der Waals surface area contributed by atoms with E-state index >= 15 is 0 Å². The number of ketones is 1. The van der Waals surface area contributed by atoms with Crippen LogP contribution in [0.3, 0.4) is 0 Å². The van der Waals surface area contributed by atoms with Gasteiger partial charge in [-0.05, 0) is 69.9 Å². The van der Waals surface area contributed by atoms with Crippen LogP contribution in [-0.2, 0) is 19.1 Å². The van der Waals surface area contributed by atoms with Crippen molar-refractivity contribution in [2.75, 3.05) is 0 Å². The highest BCUT2D eigenvalue weighted by atomic mass is 16.7. The average Bonchev–Trinajstić information content (AvgIpc) is 3.22. The molecule has 2 heterocycles. The first-order chi connectivity index (χ1) is 19.3. The Labute approximate surface area is 237 Å². The van der Waals surface area contributed by atoms with Crippen molar-refractivity contribution in [3.8, 4) is 0 Å². The molecule has 1 saturated heterocycles. The van der Waals surface area contributed by atoms with Crippen LogP contribution in [0.25, 0.3) is 0 Å². The maximum Gasteiger partial charge on any atom is 0.335 e. The molecule has 0 unspecified atom stereocenters. The number of hydrogen-bond donors (Lipinski definition) is 5. The minimum absolute atomic E-state index is 0.00823. The second-order valence-electron chi connectivity index (χ2n) is 13.4. The summed E-state index contributed by atoms with van der Waals surface area (Å²) in [5.41, 5.74) is -6.02. The molecule has 0 bridgehead atoms. The second-order valence-corrected chi connectivity index (χ2v) is 13.4. The van der Waals surface area contributed by atoms with Crippen LogP contribution in [0, 0.1) is 22.7 Å². The first-order valence-corrected chi connectivity index (χ1v) is 14.7. The number of carbonyl (C=O) groups excluding carboxylic acids is 2. The minimum atomic E-state index is -1.63. The fourth-order valence-electron chi connectivity index (χ4n) is 9.48. The summed E-state index contributed by atoms with van der Waals surface area (Å²) < 4.78 is 16.8. The van der Waals surface area contributed by atoms with Crippen molar-refractivity contribution >= 4 is 12.1 Å². The van der Waals surface area contributed by atoms with Gasteiger partial charge < -0.3 is 44.2 Å². The Balaban J connectivity index is 1.31. The maximum absolute atomic E-state index is 14.1. The van der Waals surface area contributed by atoms with E-state index in [-0.39, 0.29) is 51.0 Å². The van der Waals surface area contributed by atoms with Crippen LogP contribution < -0.4 is 5.63 Å². The molecular formula is C30H40O11. The van der Waals surface area contributed by atoms with Gasteiger partial charge in [-0.1, -0.05) is 0 Å². The van der Waals surface area contributed by atoms with E-state index in [1.165, 1.54) is 12.3 Å². The number of carbonyl (C=O) groups is 2. The number of hydrogen-bond acceptors (Lipinski definition) is 11. The lowest BCUT2D eigenvalue weighted by Crippen LogP contribution is -2.74. The Morgan fingerprint density at radius 1 is 1.05 bits per heavy atom. The van der Waals surface area contributed by atoms with Crippen LogP contribution >= 0.6 is 0 Å². The zero-order valence-electron chi connectivity index (χ0n) is 23.3. The number of ether oxygens (including phenoxy) is 2. The van der Waals surface area contributed by atoms with Crippen molar-refractivity contribution < 1.29 is 49.0 Å². The molecule has 13 atom stereocenters. The predicted molar refractivity (Wildman–Crippen MR) is 140 cm³/mol. The Bertz CT molecular complexity index is 1240. The smallest absolute Gasteiger partial charge is 0.335 e. The largest absolute Gasteiger partial charge is 0.431 e. The number of aliphatic hydroxyl groups excluding tert-OH is 3. The molecule has 11 heteroatoms. The zero-order chi connectivity index (χ0) is 29.5. The fourth-order valence-corrected chi connectivity index (χ4v) is 9.48. The summed E-state index contributed by atoms with van der Waals surface area (Å²) in [5, 5.41) is 56.7. The number of fused-ring (bicyclic) bond motifs is 5. The summed E-state index contributed by atoms with van der Waals surface area (Å²) in [6.07, 6.45) is -2.19. The Kier molecular flexibility index (Phi) is 6.93. The predicted octanol–water partition coefficient (Wildman–Crippen LogP) is 0.567. The maximum atomic E-state index is 14.1. The third kappa shape index (κ3) is 3.93. The summed E-state index contributed by atoms with van der Waals surface area (Å²) in [6.45, 7) is 3.42. The third-order valence-electron chi connectivity index (χ3n) is 11.6. The van der Waals surface area contributed by atoms with Crippen molar-refractivity contribution in [3.63, 3.8) is 0 Å². The van der Waals surface area contributed by atoms with Gasteiger partial charge in [0.15, 0.2) is 12.1 Å². The normalized spacial score (nSPS) is 51.4. The van der Waals surface area contributed by atoms with Crippen LogP contribution in [0.1, 0.15) is 76.7 Å². The van der Waals surface area contributed by atoms with Gasteiger partial charge in [-0.15, -0.1) is 0 Å². The standard InChI is InChI=1S/C30H40O11/c1-15-11-20(32)23(34)26(40-15)41-17-5-8-28(14-31)22-19(6-9-29(28,37)12-17)30(38)10-7-18(16-3-4-21(33)39-13-16)27(30,2)25(36)24(22)35/h3-4,13-15,17-20,22-24,26,32,34-35,37-38H,5-12H2,1-2H3/t15-,17-,18+,19+,20-,22+,23-,24-,26-,27-,28-,29-,30-/m0/s1. The van der Waals surface area contributed by atoms with Crippen LogP contribution in [0.4, 0.5) is 0 Å². The van der Waals surface area contributed by atoms with E-state index in [0.29, 0.717) is 18.3 Å². The molecule has 0 radical (unpaired) electrons. The van der Waals surface area contributed by atoms with Crippen molar-refractivity contribution in [3.05, 3.63) is 34.4 Å². The quantitative estimate of drug-likeness (QED) is 0.249. The number of rotatable bonds is 4. The van der Waals surface area contributed by atoms with E-state index in [2.05, 4.69) is 0 Å². The molecular weight excluding hydrogens is 536 g/mol. The van der Waals surface area contributed by atoms with Gasteiger partial charge in [-0.2, -0.15) is 0 Å². The Morgan fingerprint density at radius 3 is 2.49 bits per heavy atom. The van der Waals surface area contributed by atoms with Gasteiger partial charge in [0.1, 0.15) is 18.5 Å². The molecule has 6 rings (SSSR count). The molecule has 1 aromatic heterocycles. The van der Waals surface area contributed by atoms with Gasteiger partial charge in [0, 0.05) is 30.7 Å². The summed E-state index contributed by atoms with van der Waals surface area (Å²) in [6, 6.07) is 2.85. The highest BCUT2D eigenvalue weighted by molar-refractivity contribution is 5.93. The molecule has 0 amide bonds. The van der Waals surface area contributed by atoms with E-state index in [0.717, 1.165) is 0 Å². The molecule has 4 saturated carbocycles. The van der Waals surface area contributed by atoms with Gasteiger partial charge in [0.05, 0.1) is 46.6 Å². The van der Waals surface area contributed by atoms with Crippen molar-refractivity contribution in [1.29, 1.82) is 0 Å². The molecule has 0 aromatic carbocycles. The summed E-state index contributed by atoms with van der Waals surface area (Å²) in [5.74, 6) is -2.73. The van der Waals surface area contributed by atoms with Crippen LogP contribution in [0.5, 0.6) is 0 Å². The summed E-state index contributed by atoms with van der Waals surface area (Å²) in [7, 11) is 0. The number of Topliss-reactive ketones (excluding diaryl/α,β-unsaturated/α-hetero) is 1. The second kappa shape index (κ2) is 9.77. The van der Waals surface area contributed by atoms with E-state index in [1.54, 1.807) is 19.9 Å². The highest BCUT2D eigenvalue weighted by Crippen LogP contribution is 2.70. The number of aliphatic hydroxyl groups is 5. The van der Waals surface area contributed by atoms with E-state index < -0.39 is 81.9 Å². The van der Waals surface area contributed by atoms with Crippen LogP contribution in [0.15, 0.2) is 27.6 Å². The molecule has 5 aliphatic rings. The monoisotopic (exact) mass is 576 g/mol. The molecule has 0 spiro atoms. The van der Waals surface area contributed by atoms with Gasteiger partial charge in [0.2, 0.25) is 0 Å². The SMILES string of the molecule is C[C@H]1C[C@H](O)[C@H](O)[C@H](O[C@H]2CC[C@]3(C=O)[C@H]4[C@H](O)C(=O)[C@]5(C)[C@@H](c6ccc(=O)oc6)CC[C@]5(O)[C@@H]4CC[C@]3(O)C2)O1. The fraction of sp³-hybridized carbons (Fsp3) is 0.767. The first-order valence-electron chi connectivity index (χ1n) is 14.7. The van der Waals surface area contributed by atoms with Crippen LogP contribution in [0.2, 0.25) is 0 Å². The van der Waals surface area contributed by atoms with E-state index in [4.69, 9.17) is 13.9 Å². The lowest BCUT2D eigenvalue weighted by molar-refractivity contribution is -0.300. The molecule has 1 aliphatic heterocycles. The molecule has 4 aliphatic carbocycles. The van der Waals surface area contributed by atoms with Gasteiger partial charge in [-0.3, -0.25) is 4.79 Å². The highest BCUT2D eigenvalue weighted by Gasteiger charge is 2.76. The summed E-state index contributed by atoms with van der Waals surface area (Å²) >= 11 is 0. The van der Waals surface area contributed by atoms with Gasteiger partial charge >= 0.3 is 5.63 Å². The van der Waals surface area contributed by atoms with E-state index in [1.807, 2.05) is 0 Å². The van der Waals surface area contributed by atoms with Crippen LogP contribution in [-0.4, -0.2) is 85.6 Å². The van der Waals surface area contributed by atoms with Crippen molar-refractivity contribution in [2.45, 2.75) is 119 Å². The minimum Gasteiger partial charge on any atom is -0.431 e. The Morgan fingerprint density at radius 2 is 1.80 bits per heavy atom. The van der Waals surface area contributed by atoms with Gasteiger partial charge in [0.25, 0.3) is 0 Å². The molecule has 5 fully saturated rings. The van der Waals surface area contributed by atoms with Crippen molar-refractivity contribution in [1.82, 2.24) is 0 Å². The topological polar surface area (TPSA) is 184 Å². The average molecular weight is 577 g/mol. The molecule has 5 N–H and O–H groups in total. The van der Waals surface area contributed by atoms with Gasteiger partial charge in [-0.25, -0.2) is 4.79 Å². The van der Waals surface area contributed by atoms with Crippen molar-refractivity contribution in [2.24, 2.45) is 22.7 Å². The lowest BCUT2D eigenvalue weighted by atomic mass is 9.40. The Hall–Kier alpha value is -1.99. The molecule has 11 nitrogen and oxygen atoms in total. The van der Waals surface area contributed by atoms with E-state index in [9.17, 15) is 39.9 Å². The lowest BCUT2D eigenvalue weighted by Gasteiger charge is -2.65. The molecule has 41 heavy (non-hydrogen) atoms. The first kappa shape index (κ1) is 29.1. The summed E-state index contributed by atoms with van der Waals surface area (Å²) in [4.78, 5) is 38.7. The zero-order valence-corrected chi connectivity index (χ0v) is 23.3. The molecule has 1 aromatic rings. The number of aldehydes is 1. The molecule has 226 valence electrons.